The number of rotatable bonds is 8. The van der Waals surface area contributed by atoms with E-state index in [2.05, 4.69) is 41.1 Å². The molecular formula is C25H33N5O2. The first kappa shape index (κ1) is 21.1. The Kier molecular flexibility index (Phi) is 5.67. The lowest BCUT2D eigenvalue weighted by Gasteiger charge is -2.27. The first-order valence-corrected chi connectivity index (χ1v) is 11.6. The number of pyridine rings is 2. The van der Waals surface area contributed by atoms with Gasteiger partial charge in [0, 0.05) is 51.5 Å². The van der Waals surface area contributed by atoms with Gasteiger partial charge in [0.05, 0.1) is 24.9 Å². The molecule has 3 aromatic rings. The third-order valence-electron chi connectivity index (χ3n) is 6.62. The maximum absolute atomic E-state index is 5.82. The molecule has 170 valence electrons. The number of aromatic nitrogens is 3. The van der Waals surface area contributed by atoms with E-state index in [1.807, 2.05) is 29.7 Å². The number of fused-ring (bicyclic) bond motifs is 1. The van der Waals surface area contributed by atoms with Gasteiger partial charge in [0.2, 0.25) is 0 Å². The number of hydrogen-bond donors (Lipinski definition) is 0. The predicted octanol–water partition coefficient (Wildman–Crippen LogP) is 4.03. The number of aryl methyl sites for hydroxylation is 1. The van der Waals surface area contributed by atoms with Crippen LogP contribution in [-0.2, 0) is 4.74 Å². The number of nitrogens with zero attached hydrogens (tertiary/aromatic N) is 5. The second-order valence-corrected chi connectivity index (χ2v) is 9.40. The van der Waals surface area contributed by atoms with E-state index in [1.165, 1.54) is 18.4 Å². The van der Waals surface area contributed by atoms with Crippen LogP contribution >= 0.6 is 0 Å². The summed E-state index contributed by atoms with van der Waals surface area (Å²) in [5, 5.41) is 4.91. The summed E-state index contributed by atoms with van der Waals surface area (Å²) >= 11 is 0. The molecule has 0 spiro atoms. The van der Waals surface area contributed by atoms with Gasteiger partial charge in [0.1, 0.15) is 11.5 Å². The average molecular weight is 436 g/mol. The maximum atomic E-state index is 5.82. The molecule has 1 saturated heterocycles. The molecule has 0 aromatic carbocycles. The Morgan fingerprint density at radius 3 is 2.62 bits per heavy atom. The van der Waals surface area contributed by atoms with Crippen LogP contribution in [-0.4, -0.2) is 62.1 Å². The predicted molar refractivity (Wildman–Crippen MR) is 128 cm³/mol. The van der Waals surface area contributed by atoms with Crippen molar-refractivity contribution < 1.29 is 9.47 Å². The third-order valence-corrected chi connectivity index (χ3v) is 6.62. The molecule has 3 aromatic heterocycles. The molecule has 0 amide bonds. The largest absolute Gasteiger partial charge is 0.478 e. The van der Waals surface area contributed by atoms with Crippen LogP contribution in [0.3, 0.4) is 0 Å². The molecule has 1 aliphatic carbocycles. The van der Waals surface area contributed by atoms with Crippen LogP contribution in [0.25, 0.3) is 16.8 Å². The van der Waals surface area contributed by atoms with E-state index in [-0.39, 0.29) is 0 Å². The minimum Gasteiger partial charge on any atom is -0.478 e. The Morgan fingerprint density at radius 2 is 1.97 bits per heavy atom. The van der Waals surface area contributed by atoms with Crippen molar-refractivity contribution in [3.8, 4) is 17.1 Å². The highest BCUT2D eigenvalue weighted by atomic mass is 16.5. The monoisotopic (exact) mass is 435 g/mol. The van der Waals surface area contributed by atoms with Crippen molar-refractivity contribution in [3.05, 3.63) is 36.0 Å². The normalized spacial score (nSPS) is 18.3. The highest BCUT2D eigenvalue weighted by molar-refractivity contribution is 5.81. The first-order chi connectivity index (χ1) is 15.5. The summed E-state index contributed by atoms with van der Waals surface area (Å²) in [4.78, 5) is 9.18. The van der Waals surface area contributed by atoms with Gasteiger partial charge < -0.3 is 19.3 Å². The Morgan fingerprint density at radius 1 is 1.16 bits per heavy atom. The molecule has 7 heteroatoms. The molecule has 4 heterocycles. The van der Waals surface area contributed by atoms with Crippen LogP contribution < -0.4 is 14.5 Å². The number of hydrogen-bond acceptors (Lipinski definition) is 6. The molecule has 0 bridgehead atoms. The summed E-state index contributed by atoms with van der Waals surface area (Å²) in [6.45, 7) is 5.88. The fourth-order valence-electron chi connectivity index (χ4n) is 4.64. The molecule has 32 heavy (non-hydrogen) atoms. The van der Waals surface area contributed by atoms with Crippen molar-refractivity contribution in [2.75, 3.05) is 57.3 Å². The Bertz CT molecular complexity index is 1100. The van der Waals surface area contributed by atoms with Crippen LogP contribution in [0.1, 0.15) is 24.8 Å². The van der Waals surface area contributed by atoms with Crippen molar-refractivity contribution in [1.29, 1.82) is 0 Å². The minimum absolute atomic E-state index is 0.557. The summed E-state index contributed by atoms with van der Waals surface area (Å²) in [5.41, 5.74) is 5.46. The summed E-state index contributed by atoms with van der Waals surface area (Å²) in [6, 6.07) is 8.49. The molecule has 2 fully saturated rings. The molecule has 1 unspecified atom stereocenters. The average Bonchev–Trinajstić information content (AvgIpc) is 3.30. The molecule has 0 radical (unpaired) electrons. The van der Waals surface area contributed by atoms with Gasteiger partial charge in [-0.05, 0) is 55.9 Å². The molecule has 1 saturated carbocycles. The number of methoxy groups -OCH3 is 1. The van der Waals surface area contributed by atoms with Gasteiger partial charge in [-0.1, -0.05) is 6.07 Å². The van der Waals surface area contributed by atoms with Crippen LogP contribution in [0, 0.1) is 18.8 Å². The quantitative estimate of drug-likeness (QED) is 0.532. The molecular weight excluding hydrogens is 402 g/mol. The zero-order chi connectivity index (χ0) is 22.2. The lowest BCUT2D eigenvalue weighted by Crippen LogP contribution is -2.32. The van der Waals surface area contributed by atoms with Crippen LogP contribution in [0.2, 0.25) is 0 Å². The Hall–Kier alpha value is -2.80. The van der Waals surface area contributed by atoms with E-state index in [0.717, 1.165) is 66.9 Å². The van der Waals surface area contributed by atoms with Crippen molar-refractivity contribution in [1.82, 2.24) is 14.6 Å². The first-order valence-electron chi connectivity index (χ1n) is 11.6. The topological polar surface area (TPSA) is 55.1 Å². The van der Waals surface area contributed by atoms with E-state index < -0.39 is 0 Å². The summed E-state index contributed by atoms with van der Waals surface area (Å²) < 4.78 is 13.5. The summed E-state index contributed by atoms with van der Waals surface area (Å²) in [6.07, 6.45) is 5.70. The maximum Gasteiger partial charge on any atom is 0.257 e. The molecule has 2 aliphatic rings. The van der Waals surface area contributed by atoms with Crippen LogP contribution in [0.5, 0.6) is 5.88 Å². The van der Waals surface area contributed by atoms with E-state index >= 15 is 0 Å². The highest BCUT2D eigenvalue weighted by Gasteiger charge is 2.31. The van der Waals surface area contributed by atoms with Crippen molar-refractivity contribution in [3.63, 3.8) is 0 Å². The highest BCUT2D eigenvalue weighted by Crippen LogP contribution is 2.39. The smallest absolute Gasteiger partial charge is 0.257 e. The van der Waals surface area contributed by atoms with E-state index in [0.29, 0.717) is 11.8 Å². The molecule has 7 nitrogen and oxygen atoms in total. The fourth-order valence-corrected chi connectivity index (χ4v) is 4.64. The van der Waals surface area contributed by atoms with Gasteiger partial charge in [0.15, 0.2) is 0 Å². The van der Waals surface area contributed by atoms with Crippen LogP contribution in [0.15, 0.2) is 30.5 Å². The summed E-state index contributed by atoms with van der Waals surface area (Å²) in [7, 11) is 5.74. The molecule has 1 aliphatic heterocycles. The van der Waals surface area contributed by atoms with Crippen molar-refractivity contribution in [2.24, 2.45) is 11.8 Å². The van der Waals surface area contributed by atoms with E-state index in [9.17, 15) is 0 Å². The zero-order valence-electron chi connectivity index (χ0n) is 19.5. The van der Waals surface area contributed by atoms with Gasteiger partial charge in [0.25, 0.3) is 5.88 Å². The van der Waals surface area contributed by atoms with E-state index in [1.54, 1.807) is 7.11 Å². The van der Waals surface area contributed by atoms with Gasteiger partial charge in [-0.15, -0.1) is 5.10 Å². The van der Waals surface area contributed by atoms with Gasteiger partial charge in [-0.2, -0.15) is 0 Å². The van der Waals surface area contributed by atoms with Gasteiger partial charge in [-0.3, -0.25) is 0 Å². The Labute approximate surface area is 189 Å². The fraction of sp³-hybridized carbons (Fsp3) is 0.520. The number of anilines is 2. The molecule has 0 N–H and O–H groups in total. The lowest BCUT2D eigenvalue weighted by atomic mass is 10.1. The van der Waals surface area contributed by atoms with Crippen molar-refractivity contribution in [2.45, 2.75) is 26.2 Å². The van der Waals surface area contributed by atoms with Gasteiger partial charge in [-0.25, -0.2) is 9.50 Å². The molecule has 5 rings (SSSR count). The standard InChI is InChI=1S/C25H33N5O2/c1-17-12-23(28(2)3)26-13-20(17)21-6-5-7-22-24(25(31-4)27-30(21)22)29(14-18-8-9-18)15-19-10-11-32-16-19/h5-7,12-13,18-19H,8-11,14-16H2,1-4H3. The molecule has 1 atom stereocenters. The number of ether oxygens (including phenoxy) is 2. The van der Waals surface area contributed by atoms with Gasteiger partial charge >= 0.3 is 0 Å². The minimum atomic E-state index is 0.557. The van der Waals surface area contributed by atoms with E-state index in [4.69, 9.17) is 14.6 Å². The second kappa shape index (κ2) is 8.62. The second-order valence-electron chi connectivity index (χ2n) is 9.40. The Balaban J connectivity index is 1.59. The lowest BCUT2D eigenvalue weighted by molar-refractivity contribution is 0.186. The van der Waals surface area contributed by atoms with Crippen molar-refractivity contribution >= 4 is 17.0 Å². The third kappa shape index (κ3) is 4.01. The van der Waals surface area contributed by atoms with Crippen LogP contribution in [0.4, 0.5) is 11.5 Å². The summed E-state index contributed by atoms with van der Waals surface area (Å²) in [5.74, 6) is 2.96. The SMILES string of the molecule is COc1nn2c(-c3cnc(N(C)C)cc3C)cccc2c1N(CC1CC1)CC1CCOC1. The zero-order valence-corrected chi connectivity index (χ0v) is 19.5.